The first-order valence-corrected chi connectivity index (χ1v) is 9.48. The number of aryl methyl sites for hydroxylation is 2. The molecule has 0 fully saturated rings. The maximum absolute atomic E-state index is 12.5. The number of benzene rings is 2. The normalized spacial score (nSPS) is 10.7. The second-order valence-electron chi connectivity index (χ2n) is 7.08. The Hall–Kier alpha value is -3.73. The summed E-state index contributed by atoms with van der Waals surface area (Å²) in [6, 6.07) is 19.9. The average Bonchev–Trinajstić information content (AvgIpc) is 3.19. The highest BCUT2D eigenvalue weighted by Gasteiger charge is 2.07. The van der Waals surface area contributed by atoms with Crippen LogP contribution in [0.1, 0.15) is 21.5 Å². The van der Waals surface area contributed by atoms with Gasteiger partial charge in [0.05, 0.1) is 11.9 Å². The van der Waals surface area contributed by atoms with Crippen molar-refractivity contribution in [3.05, 3.63) is 95.9 Å². The third kappa shape index (κ3) is 4.41. The summed E-state index contributed by atoms with van der Waals surface area (Å²) in [5, 5.41) is 7.11. The fraction of sp³-hybridized carbons (Fsp3) is 0.125. The summed E-state index contributed by atoms with van der Waals surface area (Å²) in [5.74, 6) is -0.100. The Kier molecular flexibility index (Phi) is 5.20. The molecular weight excluding hydrogens is 360 g/mol. The number of amides is 1. The Morgan fingerprint density at radius 3 is 2.17 bits per heavy atom. The number of pyridine rings is 1. The highest BCUT2D eigenvalue weighted by Crippen LogP contribution is 2.20. The van der Waals surface area contributed by atoms with Gasteiger partial charge in [-0.05, 0) is 41.8 Å². The van der Waals surface area contributed by atoms with Gasteiger partial charge in [-0.2, -0.15) is 5.10 Å². The summed E-state index contributed by atoms with van der Waals surface area (Å²) in [7, 11) is 1.88. The molecule has 144 valence electrons. The highest BCUT2D eigenvalue weighted by atomic mass is 16.1. The molecule has 0 radical (unpaired) electrons. The maximum Gasteiger partial charge on any atom is 0.251 e. The van der Waals surface area contributed by atoms with E-state index >= 15 is 0 Å². The Bertz CT molecular complexity index is 1110. The van der Waals surface area contributed by atoms with Crippen molar-refractivity contribution in [1.29, 1.82) is 0 Å². The monoisotopic (exact) mass is 382 g/mol. The molecular formula is C24H22N4O. The molecule has 0 spiro atoms. The fourth-order valence-corrected chi connectivity index (χ4v) is 3.10. The average molecular weight is 382 g/mol. The van der Waals surface area contributed by atoms with Crippen molar-refractivity contribution >= 4 is 5.91 Å². The predicted octanol–water partition coefficient (Wildman–Crippen LogP) is 4.39. The number of nitrogens with zero attached hydrogens (tertiary/aromatic N) is 3. The van der Waals surface area contributed by atoms with E-state index in [9.17, 15) is 4.79 Å². The quantitative estimate of drug-likeness (QED) is 0.557. The number of nitrogens with one attached hydrogen (secondary N) is 1. The van der Waals surface area contributed by atoms with E-state index in [0.29, 0.717) is 12.1 Å². The highest BCUT2D eigenvalue weighted by molar-refractivity contribution is 5.94. The molecule has 2 aromatic heterocycles. The van der Waals surface area contributed by atoms with E-state index in [1.54, 1.807) is 17.1 Å². The van der Waals surface area contributed by atoms with Gasteiger partial charge in [-0.25, -0.2) is 0 Å². The summed E-state index contributed by atoms with van der Waals surface area (Å²) in [6.45, 7) is 2.50. The van der Waals surface area contributed by atoms with Gasteiger partial charge < -0.3 is 5.32 Å². The molecule has 2 aromatic carbocycles. The molecule has 4 rings (SSSR count). The Morgan fingerprint density at radius 1 is 0.897 bits per heavy atom. The Balaban J connectivity index is 1.37. The molecule has 0 aliphatic heterocycles. The van der Waals surface area contributed by atoms with Crippen LogP contribution in [0.15, 0.2) is 79.3 Å². The standard InChI is InChI=1S/C24H22N4O/c1-17-3-6-19(7-4-17)20-8-10-21(11-9-20)24(29)26-14-18-5-12-23(25-13-18)22-15-27-28(2)16-22/h3-13,15-16H,14H2,1-2H3,(H,26,29). The van der Waals surface area contributed by atoms with Gasteiger partial charge in [-0.15, -0.1) is 0 Å². The molecule has 4 aromatic rings. The minimum absolute atomic E-state index is 0.100. The molecule has 5 nitrogen and oxygen atoms in total. The molecule has 0 bridgehead atoms. The molecule has 0 aliphatic carbocycles. The molecule has 1 amide bonds. The summed E-state index contributed by atoms with van der Waals surface area (Å²) < 4.78 is 1.75. The summed E-state index contributed by atoms with van der Waals surface area (Å²) >= 11 is 0. The lowest BCUT2D eigenvalue weighted by Crippen LogP contribution is -2.22. The second kappa shape index (κ2) is 8.10. The third-order valence-electron chi connectivity index (χ3n) is 4.81. The lowest BCUT2D eigenvalue weighted by molar-refractivity contribution is 0.0951. The van der Waals surface area contributed by atoms with Gasteiger partial charge in [0.2, 0.25) is 0 Å². The lowest BCUT2D eigenvalue weighted by atomic mass is 10.0. The smallest absolute Gasteiger partial charge is 0.251 e. The van der Waals surface area contributed by atoms with Crippen molar-refractivity contribution in [2.75, 3.05) is 0 Å². The first-order valence-electron chi connectivity index (χ1n) is 9.48. The van der Waals surface area contributed by atoms with Gasteiger partial charge in [-0.3, -0.25) is 14.5 Å². The van der Waals surface area contributed by atoms with Gasteiger partial charge in [0.1, 0.15) is 0 Å². The van der Waals surface area contributed by atoms with Crippen LogP contribution in [0.25, 0.3) is 22.4 Å². The van der Waals surface area contributed by atoms with Gasteiger partial charge in [0.15, 0.2) is 0 Å². The molecule has 0 unspecified atom stereocenters. The Labute approximate surface area is 170 Å². The van der Waals surface area contributed by atoms with E-state index < -0.39 is 0 Å². The molecule has 0 saturated carbocycles. The van der Waals surface area contributed by atoms with Crippen LogP contribution in [-0.4, -0.2) is 20.7 Å². The number of rotatable bonds is 5. The van der Waals surface area contributed by atoms with Gasteiger partial charge in [0, 0.05) is 37.1 Å². The zero-order chi connectivity index (χ0) is 20.2. The van der Waals surface area contributed by atoms with Crippen LogP contribution in [0, 0.1) is 6.92 Å². The van der Waals surface area contributed by atoms with Gasteiger partial charge >= 0.3 is 0 Å². The van der Waals surface area contributed by atoms with Crippen LogP contribution >= 0.6 is 0 Å². The van der Waals surface area contributed by atoms with Crippen molar-refractivity contribution in [1.82, 2.24) is 20.1 Å². The van der Waals surface area contributed by atoms with Gasteiger partial charge in [0.25, 0.3) is 5.91 Å². The minimum atomic E-state index is -0.100. The summed E-state index contributed by atoms with van der Waals surface area (Å²) in [4.78, 5) is 16.9. The number of aromatic nitrogens is 3. The van der Waals surface area contributed by atoms with E-state index in [2.05, 4.69) is 46.6 Å². The van der Waals surface area contributed by atoms with Gasteiger partial charge in [-0.1, -0.05) is 48.0 Å². The second-order valence-corrected chi connectivity index (χ2v) is 7.08. The van der Waals surface area contributed by atoms with Crippen LogP contribution in [0.3, 0.4) is 0 Å². The van der Waals surface area contributed by atoms with Crippen molar-refractivity contribution in [3.8, 4) is 22.4 Å². The van der Waals surface area contributed by atoms with Crippen molar-refractivity contribution in [2.45, 2.75) is 13.5 Å². The zero-order valence-corrected chi connectivity index (χ0v) is 16.5. The largest absolute Gasteiger partial charge is 0.348 e. The maximum atomic E-state index is 12.5. The van der Waals surface area contributed by atoms with E-state index in [0.717, 1.165) is 27.9 Å². The first-order chi connectivity index (χ1) is 14.1. The summed E-state index contributed by atoms with van der Waals surface area (Å²) in [5.41, 5.74) is 6.88. The van der Waals surface area contributed by atoms with Crippen LogP contribution < -0.4 is 5.32 Å². The molecule has 0 saturated heterocycles. The zero-order valence-electron chi connectivity index (χ0n) is 16.5. The number of hydrogen-bond acceptors (Lipinski definition) is 3. The third-order valence-corrected chi connectivity index (χ3v) is 4.81. The Morgan fingerprint density at radius 2 is 1.59 bits per heavy atom. The molecule has 0 atom stereocenters. The minimum Gasteiger partial charge on any atom is -0.348 e. The SMILES string of the molecule is Cc1ccc(-c2ccc(C(=O)NCc3ccc(-c4cnn(C)c4)nc3)cc2)cc1. The predicted molar refractivity (Wildman–Crippen MR) is 114 cm³/mol. The van der Waals surface area contributed by atoms with Crippen LogP contribution in [0.5, 0.6) is 0 Å². The number of carbonyl (C=O) groups excluding carboxylic acids is 1. The molecule has 5 heteroatoms. The number of hydrogen-bond donors (Lipinski definition) is 1. The first kappa shape index (κ1) is 18.6. The van der Waals surface area contributed by atoms with E-state index in [4.69, 9.17) is 0 Å². The van der Waals surface area contributed by atoms with Crippen molar-refractivity contribution < 1.29 is 4.79 Å². The van der Waals surface area contributed by atoms with Crippen LogP contribution in [-0.2, 0) is 13.6 Å². The van der Waals surface area contributed by atoms with Crippen molar-refractivity contribution in [2.24, 2.45) is 7.05 Å². The van der Waals surface area contributed by atoms with E-state index in [1.165, 1.54) is 5.56 Å². The van der Waals surface area contributed by atoms with Crippen LogP contribution in [0.4, 0.5) is 0 Å². The number of carbonyl (C=O) groups is 1. The summed E-state index contributed by atoms with van der Waals surface area (Å²) in [6.07, 6.45) is 5.48. The van der Waals surface area contributed by atoms with E-state index in [-0.39, 0.29) is 5.91 Å². The van der Waals surface area contributed by atoms with Crippen LogP contribution in [0.2, 0.25) is 0 Å². The van der Waals surface area contributed by atoms with E-state index in [1.807, 2.05) is 49.6 Å². The molecule has 2 heterocycles. The fourth-order valence-electron chi connectivity index (χ4n) is 3.10. The molecule has 29 heavy (non-hydrogen) atoms. The van der Waals surface area contributed by atoms with Crippen molar-refractivity contribution in [3.63, 3.8) is 0 Å². The topological polar surface area (TPSA) is 59.8 Å². The lowest BCUT2D eigenvalue weighted by Gasteiger charge is -2.07. The molecule has 1 N–H and O–H groups in total. The molecule has 0 aliphatic rings.